The zero-order valence-electron chi connectivity index (χ0n) is 16.0. The number of hydrogen-bond donors (Lipinski definition) is 0. The van der Waals surface area contributed by atoms with Crippen LogP contribution >= 0.6 is 0 Å². The predicted octanol–water partition coefficient (Wildman–Crippen LogP) is 2.61. The van der Waals surface area contributed by atoms with Gasteiger partial charge in [-0.05, 0) is 18.4 Å². The molecule has 8 heteroatoms. The van der Waals surface area contributed by atoms with Crippen LogP contribution in [0.3, 0.4) is 0 Å². The normalized spacial score (nSPS) is 17.6. The van der Waals surface area contributed by atoms with Gasteiger partial charge in [-0.3, -0.25) is 19.7 Å². The summed E-state index contributed by atoms with van der Waals surface area (Å²) in [6, 6.07) is 6.00. The van der Waals surface area contributed by atoms with Crippen molar-refractivity contribution in [2.45, 2.75) is 38.5 Å². The molecule has 28 heavy (non-hydrogen) atoms. The molecule has 2 amide bonds. The van der Waals surface area contributed by atoms with Gasteiger partial charge in [0, 0.05) is 38.7 Å². The van der Waals surface area contributed by atoms with Crippen molar-refractivity contribution in [1.29, 1.82) is 0 Å². The first-order valence-electron chi connectivity index (χ1n) is 9.96. The van der Waals surface area contributed by atoms with Crippen LogP contribution in [0, 0.1) is 16.0 Å². The molecular formula is C20H27N3O5. The fraction of sp³-hybridized carbons (Fsp3) is 0.600. The van der Waals surface area contributed by atoms with Gasteiger partial charge in [0.05, 0.1) is 4.92 Å². The maximum Gasteiger partial charge on any atom is 0.310 e. The maximum atomic E-state index is 12.4. The number of carbonyl (C=O) groups is 2. The number of rotatable bonds is 7. The third-order valence-electron chi connectivity index (χ3n) is 5.64. The topological polar surface area (TPSA) is 93.0 Å². The SMILES string of the molecule is O=C(CCC1CCCC1)N1CCN(C(=O)COc2ccccc2[N+](=O)[O-])CC1. The zero-order valence-corrected chi connectivity index (χ0v) is 16.0. The summed E-state index contributed by atoms with van der Waals surface area (Å²) in [6.45, 7) is 1.74. The molecule has 0 bridgehead atoms. The Morgan fingerprint density at radius 3 is 2.29 bits per heavy atom. The first kappa shape index (κ1) is 20.1. The Labute approximate surface area is 164 Å². The number of ether oxygens (including phenoxy) is 1. The Morgan fingerprint density at radius 1 is 1.04 bits per heavy atom. The second kappa shape index (κ2) is 9.52. The maximum absolute atomic E-state index is 12.4. The first-order chi connectivity index (χ1) is 13.5. The number of para-hydroxylation sites is 2. The number of piperazine rings is 1. The van der Waals surface area contributed by atoms with E-state index < -0.39 is 4.92 Å². The third kappa shape index (κ3) is 5.21. The van der Waals surface area contributed by atoms with Gasteiger partial charge < -0.3 is 14.5 Å². The minimum Gasteiger partial charge on any atom is -0.477 e. The smallest absolute Gasteiger partial charge is 0.310 e. The van der Waals surface area contributed by atoms with Crippen molar-refractivity contribution in [3.63, 3.8) is 0 Å². The first-order valence-corrected chi connectivity index (χ1v) is 9.96. The molecule has 0 N–H and O–H groups in total. The average molecular weight is 389 g/mol. The van der Waals surface area contributed by atoms with Gasteiger partial charge in [-0.15, -0.1) is 0 Å². The molecule has 1 saturated heterocycles. The zero-order chi connectivity index (χ0) is 19.9. The number of nitrogens with zero attached hydrogens (tertiary/aromatic N) is 3. The van der Waals surface area contributed by atoms with E-state index in [9.17, 15) is 19.7 Å². The summed E-state index contributed by atoms with van der Waals surface area (Å²) >= 11 is 0. The Kier molecular flexibility index (Phi) is 6.84. The fourth-order valence-electron chi connectivity index (χ4n) is 3.95. The Hall–Kier alpha value is -2.64. The minimum atomic E-state index is -0.532. The lowest BCUT2D eigenvalue weighted by molar-refractivity contribution is -0.385. The summed E-state index contributed by atoms with van der Waals surface area (Å²) in [5.41, 5.74) is -0.159. The molecule has 1 aliphatic carbocycles. The Bertz CT molecular complexity index is 710. The highest BCUT2D eigenvalue weighted by Gasteiger charge is 2.26. The van der Waals surface area contributed by atoms with Gasteiger partial charge in [-0.2, -0.15) is 0 Å². The van der Waals surface area contributed by atoms with Gasteiger partial charge in [-0.1, -0.05) is 37.8 Å². The van der Waals surface area contributed by atoms with Gasteiger partial charge in [0.2, 0.25) is 5.91 Å². The molecule has 2 aliphatic rings. The quantitative estimate of drug-likeness (QED) is 0.528. The molecule has 0 atom stereocenters. The van der Waals surface area contributed by atoms with Crippen LogP contribution in [0.4, 0.5) is 5.69 Å². The highest BCUT2D eigenvalue weighted by molar-refractivity contribution is 5.79. The van der Waals surface area contributed by atoms with Crippen LogP contribution in [-0.4, -0.2) is 59.3 Å². The van der Waals surface area contributed by atoms with Gasteiger partial charge in [0.15, 0.2) is 12.4 Å². The molecule has 8 nitrogen and oxygen atoms in total. The molecule has 2 fully saturated rings. The predicted molar refractivity (Wildman–Crippen MR) is 103 cm³/mol. The number of hydrogen-bond acceptors (Lipinski definition) is 5. The lowest BCUT2D eigenvalue weighted by atomic mass is 10.0. The van der Waals surface area contributed by atoms with Crippen LogP contribution in [0.25, 0.3) is 0 Å². The van der Waals surface area contributed by atoms with Crippen molar-refractivity contribution in [3.05, 3.63) is 34.4 Å². The second-order valence-electron chi connectivity index (χ2n) is 7.46. The molecule has 1 saturated carbocycles. The molecular weight excluding hydrogens is 362 g/mol. The molecule has 0 aromatic heterocycles. The molecule has 0 spiro atoms. The molecule has 1 aromatic rings. The summed E-state index contributed by atoms with van der Waals surface area (Å²) in [4.78, 5) is 38.7. The van der Waals surface area contributed by atoms with E-state index in [1.54, 1.807) is 17.0 Å². The lowest BCUT2D eigenvalue weighted by Gasteiger charge is -2.35. The number of nitro benzene ring substituents is 1. The van der Waals surface area contributed by atoms with Crippen LogP contribution in [-0.2, 0) is 9.59 Å². The Balaban J connectivity index is 1.41. The van der Waals surface area contributed by atoms with E-state index in [0.717, 1.165) is 6.42 Å². The van der Waals surface area contributed by atoms with Gasteiger partial charge in [0.1, 0.15) is 0 Å². The van der Waals surface area contributed by atoms with E-state index in [4.69, 9.17) is 4.74 Å². The van der Waals surface area contributed by atoms with Crippen molar-refractivity contribution in [2.75, 3.05) is 32.8 Å². The summed E-state index contributed by atoms with van der Waals surface area (Å²) in [5, 5.41) is 11.0. The molecule has 3 rings (SSSR count). The largest absolute Gasteiger partial charge is 0.477 e. The summed E-state index contributed by atoms with van der Waals surface area (Å²) in [5.74, 6) is 0.735. The van der Waals surface area contributed by atoms with Crippen molar-refractivity contribution in [2.24, 2.45) is 5.92 Å². The van der Waals surface area contributed by atoms with Crippen molar-refractivity contribution < 1.29 is 19.2 Å². The van der Waals surface area contributed by atoms with Crippen LogP contribution in [0.2, 0.25) is 0 Å². The number of carbonyl (C=O) groups excluding carboxylic acids is 2. The van der Waals surface area contributed by atoms with Crippen molar-refractivity contribution >= 4 is 17.5 Å². The summed E-state index contributed by atoms with van der Waals surface area (Å²) in [6.07, 6.45) is 6.63. The Morgan fingerprint density at radius 2 is 1.64 bits per heavy atom. The van der Waals surface area contributed by atoms with Crippen molar-refractivity contribution in [3.8, 4) is 5.75 Å². The van der Waals surface area contributed by atoms with Gasteiger partial charge in [0.25, 0.3) is 5.91 Å². The summed E-state index contributed by atoms with van der Waals surface area (Å²) < 4.78 is 5.37. The van der Waals surface area contributed by atoms with Crippen LogP contribution < -0.4 is 4.74 Å². The van der Waals surface area contributed by atoms with Gasteiger partial charge >= 0.3 is 5.69 Å². The third-order valence-corrected chi connectivity index (χ3v) is 5.64. The number of amides is 2. The van der Waals surface area contributed by atoms with Crippen LogP contribution in [0.1, 0.15) is 38.5 Å². The number of nitro groups is 1. The van der Waals surface area contributed by atoms with Crippen molar-refractivity contribution in [1.82, 2.24) is 9.80 Å². The van der Waals surface area contributed by atoms with E-state index >= 15 is 0 Å². The molecule has 1 aromatic carbocycles. The van der Waals surface area contributed by atoms with E-state index in [2.05, 4.69) is 0 Å². The lowest BCUT2D eigenvalue weighted by Crippen LogP contribution is -2.51. The minimum absolute atomic E-state index is 0.0848. The monoisotopic (exact) mass is 389 g/mol. The average Bonchev–Trinajstić information content (AvgIpc) is 3.24. The molecule has 152 valence electrons. The number of benzene rings is 1. The van der Waals surface area contributed by atoms with E-state index in [0.29, 0.717) is 38.5 Å². The van der Waals surface area contributed by atoms with E-state index in [1.165, 1.54) is 37.8 Å². The van der Waals surface area contributed by atoms with Crippen LogP contribution in [0.5, 0.6) is 5.75 Å². The molecule has 1 heterocycles. The van der Waals surface area contributed by atoms with E-state index in [-0.39, 0.29) is 29.9 Å². The van der Waals surface area contributed by atoms with Crippen LogP contribution in [0.15, 0.2) is 24.3 Å². The molecule has 0 radical (unpaired) electrons. The second-order valence-corrected chi connectivity index (χ2v) is 7.46. The highest BCUT2D eigenvalue weighted by Crippen LogP contribution is 2.29. The summed E-state index contributed by atoms with van der Waals surface area (Å²) in [7, 11) is 0. The standard InChI is InChI=1S/C20H27N3O5/c24-19(10-9-16-5-1-2-6-16)21-11-13-22(14-12-21)20(25)15-28-18-8-4-3-7-17(18)23(26)27/h3-4,7-8,16H,1-2,5-6,9-15H2. The molecule has 1 aliphatic heterocycles. The van der Waals surface area contributed by atoms with E-state index in [1.807, 2.05) is 4.90 Å². The fourth-order valence-corrected chi connectivity index (χ4v) is 3.95. The van der Waals surface area contributed by atoms with Gasteiger partial charge in [-0.25, -0.2) is 0 Å². The molecule has 0 unspecified atom stereocenters. The highest BCUT2D eigenvalue weighted by atomic mass is 16.6.